The lowest BCUT2D eigenvalue weighted by atomic mass is 10.1. The molecule has 0 saturated carbocycles. The maximum absolute atomic E-state index is 12.6. The molecule has 0 spiro atoms. The fourth-order valence-corrected chi connectivity index (χ4v) is 3.44. The third-order valence-corrected chi connectivity index (χ3v) is 5.14. The van der Waals surface area contributed by atoms with E-state index in [2.05, 4.69) is 26.0 Å². The Kier molecular flexibility index (Phi) is 6.47. The van der Waals surface area contributed by atoms with Crippen molar-refractivity contribution in [1.82, 2.24) is 4.90 Å². The second kappa shape index (κ2) is 8.35. The van der Waals surface area contributed by atoms with E-state index in [0.717, 1.165) is 17.2 Å². The van der Waals surface area contributed by atoms with Crippen molar-refractivity contribution in [3.05, 3.63) is 57.2 Å². The molecule has 0 aliphatic rings. The van der Waals surface area contributed by atoms with Gasteiger partial charge in [0.05, 0.1) is 4.34 Å². The normalized spacial score (nSPS) is 12.1. The van der Waals surface area contributed by atoms with Gasteiger partial charge in [-0.3, -0.25) is 4.79 Å². The highest BCUT2D eigenvalue weighted by Gasteiger charge is 2.19. The molecule has 1 amide bonds. The van der Waals surface area contributed by atoms with Crippen LogP contribution in [-0.4, -0.2) is 16.8 Å². The molecule has 0 saturated heterocycles. The van der Waals surface area contributed by atoms with Crippen molar-refractivity contribution in [2.24, 2.45) is 0 Å². The molecule has 1 heterocycles. The van der Waals surface area contributed by atoms with Crippen molar-refractivity contribution in [2.75, 3.05) is 0 Å². The Hall–Kier alpha value is -1.32. The number of carbonyl (C=O) groups excluding carboxylic acids is 1. The lowest BCUT2D eigenvalue weighted by Gasteiger charge is -2.29. The molecule has 1 unspecified atom stereocenters. The summed E-state index contributed by atoms with van der Waals surface area (Å²) < 4.78 is 0.783. The number of nitrogens with zero attached hydrogens (tertiary/aromatic N) is 1. The highest BCUT2D eigenvalue weighted by molar-refractivity contribution is 7.16. The number of rotatable bonds is 7. The van der Waals surface area contributed by atoms with Crippen molar-refractivity contribution in [2.45, 2.75) is 45.7 Å². The lowest BCUT2D eigenvalue weighted by molar-refractivity contribution is -0.133. The molecule has 0 fully saturated rings. The van der Waals surface area contributed by atoms with E-state index in [0.29, 0.717) is 13.0 Å². The fourth-order valence-electron chi connectivity index (χ4n) is 2.35. The predicted molar refractivity (Wildman–Crippen MR) is 94.4 cm³/mol. The van der Waals surface area contributed by atoms with Gasteiger partial charge in [-0.15, -0.1) is 11.3 Å². The van der Waals surface area contributed by atoms with E-state index in [1.807, 2.05) is 35.2 Å². The van der Waals surface area contributed by atoms with E-state index in [9.17, 15) is 4.79 Å². The van der Waals surface area contributed by atoms with Gasteiger partial charge in [0.2, 0.25) is 5.91 Å². The first kappa shape index (κ1) is 17.0. The Morgan fingerprint density at radius 1 is 1.23 bits per heavy atom. The second-order valence-corrected chi connectivity index (χ2v) is 7.27. The van der Waals surface area contributed by atoms with Crippen LogP contribution in [0.3, 0.4) is 0 Å². The van der Waals surface area contributed by atoms with Gasteiger partial charge in [0.1, 0.15) is 0 Å². The topological polar surface area (TPSA) is 20.3 Å². The summed E-state index contributed by atoms with van der Waals surface area (Å²) in [4.78, 5) is 15.8. The van der Waals surface area contributed by atoms with E-state index in [-0.39, 0.29) is 11.9 Å². The van der Waals surface area contributed by atoms with Crippen LogP contribution in [-0.2, 0) is 17.8 Å². The van der Waals surface area contributed by atoms with Crippen molar-refractivity contribution in [3.63, 3.8) is 0 Å². The van der Waals surface area contributed by atoms with E-state index in [1.54, 1.807) is 11.3 Å². The number of carbonyl (C=O) groups is 1. The maximum Gasteiger partial charge on any atom is 0.223 e. The number of hydrogen-bond acceptors (Lipinski definition) is 2. The summed E-state index contributed by atoms with van der Waals surface area (Å²) in [6.45, 7) is 4.91. The maximum atomic E-state index is 12.6. The number of halogens is 1. The Balaban J connectivity index is 1.99. The van der Waals surface area contributed by atoms with Crippen LogP contribution in [0.4, 0.5) is 0 Å². The second-order valence-electron chi connectivity index (χ2n) is 5.47. The molecular formula is C18H22ClNOS. The third kappa shape index (κ3) is 4.85. The molecule has 2 aromatic rings. The summed E-state index contributed by atoms with van der Waals surface area (Å²) >= 11 is 7.50. The summed E-state index contributed by atoms with van der Waals surface area (Å²) in [7, 11) is 0. The Labute approximate surface area is 141 Å². The first-order valence-electron chi connectivity index (χ1n) is 7.67. The van der Waals surface area contributed by atoms with Crippen molar-refractivity contribution in [1.29, 1.82) is 0 Å². The van der Waals surface area contributed by atoms with Crippen LogP contribution < -0.4 is 0 Å². The molecule has 4 heteroatoms. The van der Waals surface area contributed by atoms with E-state index in [4.69, 9.17) is 11.6 Å². The van der Waals surface area contributed by atoms with Crippen LogP contribution >= 0.6 is 22.9 Å². The molecule has 0 N–H and O–H groups in total. The van der Waals surface area contributed by atoms with Gasteiger partial charge in [0.25, 0.3) is 0 Å². The molecular weight excluding hydrogens is 314 g/mol. The minimum Gasteiger partial charge on any atom is -0.336 e. The van der Waals surface area contributed by atoms with Crippen LogP contribution in [0.1, 0.15) is 37.1 Å². The van der Waals surface area contributed by atoms with Gasteiger partial charge >= 0.3 is 0 Å². The highest BCUT2D eigenvalue weighted by Crippen LogP contribution is 2.23. The van der Waals surface area contributed by atoms with E-state index < -0.39 is 0 Å². The smallest absolute Gasteiger partial charge is 0.223 e. The molecule has 0 radical (unpaired) electrons. The molecule has 0 aliphatic heterocycles. The minimum atomic E-state index is 0.211. The summed E-state index contributed by atoms with van der Waals surface area (Å²) in [5.74, 6) is 0.211. The average Bonchev–Trinajstić information content (AvgIpc) is 2.96. The first-order valence-corrected chi connectivity index (χ1v) is 8.87. The quantitative estimate of drug-likeness (QED) is 0.684. The van der Waals surface area contributed by atoms with Gasteiger partial charge in [0, 0.05) is 23.9 Å². The SMILES string of the molecule is CCC(C)N(Cc1ccccc1)C(=O)CCc1ccc(Cl)s1. The summed E-state index contributed by atoms with van der Waals surface area (Å²) in [6.07, 6.45) is 2.26. The van der Waals surface area contributed by atoms with Crippen LogP contribution in [0.15, 0.2) is 42.5 Å². The number of amides is 1. The molecule has 118 valence electrons. The molecule has 22 heavy (non-hydrogen) atoms. The Morgan fingerprint density at radius 3 is 2.55 bits per heavy atom. The number of thiophene rings is 1. The summed E-state index contributed by atoms with van der Waals surface area (Å²) in [5.41, 5.74) is 1.18. The lowest BCUT2D eigenvalue weighted by Crippen LogP contribution is -2.37. The molecule has 1 aromatic carbocycles. The highest BCUT2D eigenvalue weighted by atomic mass is 35.5. The zero-order valence-electron chi connectivity index (χ0n) is 13.1. The largest absolute Gasteiger partial charge is 0.336 e. The van der Waals surface area contributed by atoms with Gasteiger partial charge in [-0.05, 0) is 37.5 Å². The molecule has 2 nitrogen and oxygen atoms in total. The molecule has 2 rings (SSSR count). The molecule has 0 aliphatic carbocycles. The standard InChI is InChI=1S/C18H22ClNOS/c1-3-14(2)20(13-15-7-5-4-6-8-15)18(21)12-10-16-9-11-17(19)22-16/h4-9,11,14H,3,10,12-13H2,1-2H3. The van der Waals surface area contributed by atoms with Gasteiger partial charge in [0.15, 0.2) is 0 Å². The minimum absolute atomic E-state index is 0.211. The van der Waals surface area contributed by atoms with Crippen molar-refractivity contribution < 1.29 is 4.79 Å². The molecule has 1 atom stereocenters. The van der Waals surface area contributed by atoms with E-state index in [1.165, 1.54) is 10.4 Å². The van der Waals surface area contributed by atoms with Crippen molar-refractivity contribution >= 4 is 28.8 Å². The van der Waals surface area contributed by atoms with Gasteiger partial charge < -0.3 is 4.90 Å². The zero-order chi connectivity index (χ0) is 15.9. The molecule has 1 aromatic heterocycles. The van der Waals surface area contributed by atoms with Crippen LogP contribution in [0, 0.1) is 0 Å². The first-order chi connectivity index (χ1) is 10.6. The Morgan fingerprint density at radius 2 is 1.95 bits per heavy atom. The average molecular weight is 336 g/mol. The Bertz CT molecular complexity index is 596. The number of benzene rings is 1. The number of aryl methyl sites for hydroxylation is 1. The van der Waals surface area contributed by atoms with Gasteiger partial charge in [-0.1, -0.05) is 48.9 Å². The molecule has 0 bridgehead atoms. The van der Waals surface area contributed by atoms with Crippen molar-refractivity contribution in [3.8, 4) is 0 Å². The number of hydrogen-bond donors (Lipinski definition) is 0. The van der Waals surface area contributed by atoms with E-state index >= 15 is 0 Å². The van der Waals surface area contributed by atoms with Crippen LogP contribution in [0.2, 0.25) is 4.34 Å². The third-order valence-electron chi connectivity index (χ3n) is 3.85. The summed E-state index contributed by atoms with van der Waals surface area (Å²) in [5, 5.41) is 0. The predicted octanol–water partition coefficient (Wildman–Crippen LogP) is 5.16. The summed E-state index contributed by atoms with van der Waals surface area (Å²) in [6, 6.07) is 14.3. The van der Waals surface area contributed by atoms with Crippen LogP contribution in [0.25, 0.3) is 0 Å². The zero-order valence-corrected chi connectivity index (χ0v) is 14.7. The monoisotopic (exact) mass is 335 g/mol. The van der Waals surface area contributed by atoms with Crippen LogP contribution in [0.5, 0.6) is 0 Å². The fraction of sp³-hybridized carbons (Fsp3) is 0.389. The van der Waals surface area contributed by atoms with Gasteiger partial charge in [-0.25, -0.2) is 0 Å². The van der Waals surface area contributed by atoms with Gasteiger partial charge in [-0.2, -0.15) is 0 Å².